The van der Waals surface area contributed by atoms with Crippen LogP contribution < -0.4 is 9.47 Å². The van der Waals surface area contributed by atoms with E-state index in [-0.39, 0.29) is 11.5 Å². The second-order valence-corrected chi connectivity index (χ2v) is 7.00. The van der Waals surface area contributed by atoms with Crippen LogP contribution in [-0.2, 0) is 5.60 Å². The van der Waals surface area contributed by atoms with Gasteiger partial charge < -0.3 is 24.6 Å². The molecule has 1 saturated heterocycles. The van der Waals surface area contributed by atoms with Crippen molar-refractivity contribution >= 4 is 0 Å². The number of halogens is 3. The monoisotopic (exact) mass is 412 g/mol. The minimum absolute atomic E-state index is 0.247. The molecule has 0 amide bonds. The van der Waals surface area contributed by atoms with E-state index in [4.69, 9.17) is 4.74 Å². The number of pyridine rings is 1. The van der Waals surface area contributed by atoms with Crippen molar-refractivity contribution in [2.75, 3.05) is 19.6 Å². The number of rotatable bonds is 7. The summed E-state index contributed by atoms with van der Waals surface area (Å²) in [6.45, 7) is 1.91. The highest BCUT2D eigenvalue weighted by Crippen LogP contribution is 2.32. The second kappa shape index (κ2) is 8.98. The molecule has 0 bridgehead atoms. The zero-order valence-electron chi connectivity index (χ0n) is 15.7. The molecule has 1 fully saturated rings. The topological polar surface area (TPSA) is 75.1 Å². The van der Waals surface area contributed by atoms with Gasteiger partial charge in [0.05, 0.1) is 5.60 Å². The van der Waals surface area contributed by atoms with E-state index in [1.165, 1.54) is 12.1 Å². The van der Waals surface area contributed by atoms with Crippen LogP contribution in [0.15, 0.2) is 48.8 Å². The third kappa shape index (κ3) is 6.31. The molecule has 3 rings (SSSR count). The summed E-state index contributed by atoms with van der Waals surface area (Å²) in [7, 11) is 0. The van der Waals surface area contributed by atoms with E-state index in [0.29, 0.717) is 38.9 Å². The van der Waals surface area contributed by atoms with Crippen LogP contribution in [-0.4, -0.2) is 52.4 Å². The molecule has 1 unspecified atom stereocenters. The van der Waals surface area contributed by atoms with Crippen LogP contribution in [0.1, 0.15) is 24.8 Å². The minimum Gasteiger partial charge on any atom is -0.465 e. The average Bonchev–Trinajstić information content (AvgIpc) is 2.69. The van der Waals surface area contributed by atoms with Gasteiger partial charge in [0.1, 0.15) is 11.5 Å². The van der Waals surface area contributed by atoms with Gasteiger partial charge in [-0.05, 0) is 43.2 Å². The van der Waals surface area contributed by atoms with E-state index in [1.807, 2.05) is 6.07 Å². The molecular formula is C20H23F3N2O4. The number of alkyl halides is 3. The van der Waals surface area contributed by atoms with Crippen LogP contribution in [0.5, 0.6) is 11.5 Å². The normalized spacial score (nSPS) is 18.2. The Kier molecular flexibility index (Phi) is 6.61. The Hall–Kier alpha value is -2.36. The molecule has 6 nitrogen and oxygen atoms in total. The summed E-state index contributed by atoms with van der Waals surface area (Å²) in [4.78, 5) is 6.18. The highest BCUT2D eigenvalue weighted by atomic mass is 19.4. The zero-order chi connectivity index (χ0) is 20.9. The maximum Gasteiger partial charge on any atom is 0.573 e. The van der Waals surface area contributed by atoms with Crippen LogP contribution in [0.3, 0.4) is 0 Å². The summed E-state index contributed by atoms with van der Waals surface area (Å²) in [6, 6.07) is 8.53. The largest absolute Gasteiger partial charge is 0.573 e. The lowest BCUT2D eigenvalue weighted by molar-refractivity contribution is -0.274. The molecule has 1 atom stereocenters. The highest BCUT2D eigenvalue weighted by Gasteiger charge is 2.34. The molecule has 0 aliphatic carbocycles. The first-order chi connectivity index (χ1) is 13.7. The maximum atomic E-state index is 12.2. The summed E-state index contributed by atoms with van der Waals surface area (Å²) in [6.07, 6.45) is -1.04. The van der Waals surface area contributed by atoms with E-state index in [0.717, 1.165) is 17.7 Å². The van der Waals surface area contributed by atoms with Gasteiger partial charge in [-0.15, -0.1) is 13.2 Å². The SMILES string of the molecule is OC(CCN1CCC(O)(c2cccnc2)CC1)Oc1ccc(OC(F)(F)F)cc1. The number of likely N-dealkylation sites (tertiary alicyclic amines) is 1. The van der Waals surface area contributed by atoms with Gasteiger partial charge in [-0.3, -0.25) is 4.98 Å². The highest BCUT2D eigenvalue weighted by molar-refractivity contribution is 5.31. The Morgan fingerprint density at radius 1 is 1.10 bits per heavy atom. The van der Waals surface area contributed by atoms with Gasteiger partial charge in [-0.25, -0.2) is 0 Å². The van der Waals surface area contributed by atoms with Crippen LogP contribution >= 0.6 is 0 Å². The molecule has 2 N–H and O–H groups in total. The van der Waals surface area contributed by atoms with Crippen molar-refractivity contribution in [3.05, 3.63) is 54.4 Å². The lowest BCUT2D eigenvalue weighted by Crippen LogP contribution is -2.43. The minimum atomic E-state index is -4.75. The zero-order valence-corrected chi connectivity index (χ0v) is 15.7. The number of ether oxygens (including phenoxy) is 2. The molecule has 0 spiro atoms. The number of aromatic nitrogens is 1. The molecule has 29 heavy (non-hydrogen) atoms. The van der Waals surface area contributed by atoms with Crippen molar-refractivity contribution in [1.29, 1.82) is 0 Å². The third-order valence-corrected chi connectivity index (χ3v) is 4.90. The molecule has 158 valence electrons. The summed E-state index contributed by atoms with van der Waals surface area (Å²) in [5.74, 6) is -0.106. The third-order valence-electron chi connectivity index (χ3n) is 4.90. The second-order valence-electron chi connectivity index (χ2n) is 7.00. The summed E-state index contributed by atoms with van der Waals surface area (Å²) >= 11 is 0. The Bertz CT molecular complexity index is 764. The lowest BCUT2D eigenvalue weighted by atomic mass is 9.85. The van der Waals surface area contributed by atoms with Crippen molar-refractivity contribution in [3.8, 4) is 11.5 Å². The molecule has 1 aliphatic heterocycles. The van der Waals surface area contributed by atoms with Crippen LogP contribution in [0, 0.1) is 0 Å². The predicted octanol–water partition coefficient (Wildman–Crippen LogP) is 3.05. The fraction of sp³-hybridized carbons (Fsp3) is 0.450. The molecule has 0 saturated carbocycles. The molecule has 1 aliphatic rings. The smallest absolute Gasteiger partial charge is 0.465 e. The Morgan fingerprint density at radius 3 is 2.34 bits per heavy atom. The molecule has 2 aromatic rings. The Balaban J connectivity index is 1.42. The number of hydrogen-bond donors (Lipinski definition) is 2. The average molecular weight is 412 g/mol. The van der Waals surface area contributed by atoms with Crippen molar-refractivity contribution in [2.45, 2.75) is 37.5 Å². The van der Waals surface area contributed by atoms with Crippen molar-refractivity contribution in [2.24, 2.45) is 0 Å². The van der Waals surface area contributed by atoms with Gasteiger partial charge in [0, 0.05) is 44.0 Å². The first-order valence-electron chi connectivity index (χ1n) is 9.29. The predicted molar refractivity (Wildman–Crippen MR) is 98.2 cm³/mol. The van der Waals surface area contributed by atoms with Crippen molar-refractivity contribution in [1.82, 2.24) is 9.88 Å². The van der Waals surface area contributed by atoms with E-state index in [9.17, 15) is 23.4 Å². The lowest BCUT2D eigenvalue weighted by Gasteiger charge is -2.38. The van der Waals surface area contributed by atoms with Crippen LogP contribution in [0.2, 0.25) is 0 Å². The Morgan fingerprint density at radius 2 is 1.76 bits per heavy atom. The standard InChI is InChI=1S/C20H23F3N2O4/c21-20(22,23)29-17-5-3-16(4-6-17)28-18(26)7-11-25-12-8-19(27,9-13-25)15-2-1-10-24-14-15/h1-6,10,14,18,26-27H,7-9,11-13H2. The number of piperidine rings is 1. The number of aliphatic hydroxyl groups is 2. The van der Waals surface area contributed by atoms with Crippen molar-refractivity contribution < 1.29 is 32.9 Å². The van der Waals surface area contributed by atoms with Crippen LogP contribution in [0.4, 0.5) is 13.2 Å². The van der Waals surface area contributed by atoms with E-state index >= 15 is 0 Å². The van der Waals surface area contributed by atoms with Gasteiger partial charge in [0.25, 0.3) is 0 Å². The van der Waals surface area contributed by atoms with E-state index < -0.39 is 18.3 Å². The van der Waals surface area contributed by atoms with Gasteiger partial charge in [0.15, 0.2) is 6.29 Å². The summed E-state index contributed by atoms with van der Waals surface area (Å²) in [5.41, 5.74) is -0.0823. The maximum absolute atomic E-state index is 12.2. The molecule has 1 aromatic heterocycles. The fourth-order valence-electron chi connectivity index (χ4n) is 3.30. The molecule has 1 aromatic carbocycles. The summed E-state index contributed by atoms with van der Waals surface area (Å²) in [5, 5.41) is 20.9. The summed E-state index contributed by atoms with van der Waals surface area (Å²) < 4.78 is 45.6. The van der Waals surface area contributed by atoms with Gasteiger partial charge in [-0.1, -0.05) is 6.07 Å². The number of benzene rings is 1. The van der Waals surface area contributed by atoms with Gasteiger partial charge >= 0.3 is 6.36 Å². The van der Waals surface area contributed by atoms with Crippen LogP contribution in [0.25, 0.3) is 0 Å². The fourth-order valence-corrected chi connectivity index (χ4v) is 3.30. The number of hydrogen-bond acceptors (Lipinski definition) is 6. The van der Waals surface area contributed by atoms with E-state index in [1.54, 1.807) is 18.5 Å². The molecule has 0 radical (unpaired) electrons. The first kappa shape index (κ1) is 21.4. The molecule has 2 heterocycles. The molecule has 9 heteroatoms. The van der Waals surface area contributed by atoms with Gasteiger partial charge in [0.2, 0.25) is 0 Å². The quantitative estimate of drug-likeness (QED) is 0.681. The van der Waals surface area contributed by atoms with E-state index in [2.05, 4.69) is 14.6 Å². The Labute approximate surface area is 166 Å². The molecular weight excluding hydrogens is 389 g/mol. The first-order valence-corrected chi connectivity index (χ1v) is 9.29. The number of nitrogens with zero attached hydrogens (tertiary/aromatic N) is 2. The van der Waals surface area contributed by atoms with Crippen molar-refractivity contribution in [3.63, 3.8) is 0 Å². The van der Waals surface area contributed by atoms with Gasteiger partial charge in [-0.2, -0.15) is 0 Å². The number of aliphatic hydroxyl groups excluding tert-OH is 1.